The Bertz CT molecular complexity index is 626. The van der Waals surface area contributed by atoms with Gasteiger partial charge in [-0.3, -0.25) is 16.3 Å². The second kappa shape index (κ2) is 4.27. The number of aromatic nitrogens is 1. The van der Waals surface area contributed by atoms with E-state index in [1.54, 1.807) is 0 Å². The van der Waals surface area contributed by atoms with Gasteiger partial charge in [-0.25, -0.2) is 0 Å². The van der Waals surface area contributed by atoms with Gasteiger partial charge in [0.05, 0.1) is 6.04 Å². The zero-order valence-electron chi connectivity index (χ0n) is 12.6. The van der Waals surface area contributed by atoms with E-state index < -0.39 is 0 Å². The third-order valence-corrected chi connectivity index (χ3v) is 5.69. The molecule has 0 spiro atoms. The van der Waals surface area contributed by atoms with Crippen LogP contribution in [0.1, 0.15) is 39.3 Å². The molecule has 1 aromatic carbocycles. The molecular formula is C17H23N3. The van der Waals surface area contributed by atoms with Crippen molar-refractivity contribution in [2.75, 3.05) is 0 Å². The van der Waals surface area contributed by atoms with Crippen LogP contribution in [0.25, 0.3) is 10.8 Å². The lowest BCUT2D eigenvalue weighted by Crippen LogP contribution is -2.31. The molecule has 1 aromatic heterocycles. The Morgan fingerprint density at radius 2 is 1.85 bits per heavy atom. The fourth-order valence-corrected chi connectivity index (χ4v) is 3.87. The molecule has 2 aromatic rings. The summed E-state index contributed by atoms with van der Waals surface area (Å²) >= 11 is 0. The SMILES string of the molecule is CC1(C)C(C(NN)c2cccc3cnccc23)C1(C)C. The van der Waals surface area contributed by atoms with Crippen LogP contribution in [0.4, 0.5) is 0 Å². The fourth-order valence-electron chi connectivity index (χ4n) is 3.87. The van der Waals surface area contributed by atoms with Gasteiger partial charge in [-0.05, 0) is 33.8 Å². The smallest absolute Gasteiger partial charge is 0.0504 e. The average molecular weight is 269 g/mol. The van der Waals surface area contributed by atoms with Gasteiger partial charge < -0.3 is 0 Å². The summed E-state index contributed by atoms with van der Waals surface area (Å²) in [7, 11) is 0. The van der Waals surface area contributed by atoms with Crippen LogP contribution in [-0.4, -0.2) is 4.98 Å². The molecule has 3 rings (SSSR count). The first kappa shape index (κ1) is 13.5. The molecule has 1 atom stereocenters. The number of fused-ring (bicyclic) bond motifs is 1. The molecule has 3 nitrogen and oxygen atoms in total. The van der Waals surface area contributed by atoms with Gasteiger partial charge in [0, 0.05) is 17.8 Å². The van der Waals surface area contributed by atoms with Crippen molar-refractivity contribution in [1.29, 1.82) is 0 Å². The average Bonchev–Trinajstić information content (AvgIpc) is 2.83. The molecule has 0 aliphatic heterocycles. The Labute approximate surface area is 120 Å². The monoisotopic (exact) mass is 269 g/mol. The first-order chi connectivity index (χ1) is 9.41. The van der Waals surface area contributed by atoms with Gasteiger partial charge in [-0.2, -0.15) is 0 Å². The van der Waals surface area contributed by atoms with Crippen molar-refractivity contribution in [3.8, 4) is 0 Å². The normalized spacial score (nSPS) is 21.9. The van der Waals surface area contributed by atoms with Crippen LogP contribution >= 0.6 is 0 Å². The minimum absolute atomic E-state index is 0.172. The van der Waals surface area contributed by atoms with E-state index in [4.69, 9.17) is 5.84 Å². The Morgan fingerprint density at radius 1 is 1.15 bits per heavy atom. The summed E-state index contributed by atoms with van der Waals surface area (Å²) < 4.78 is 0. The molecule has 1 aliphatic rings. The van der Waals surface area contributed by atoms with Crippen LogP contribution < -0.4 is 11.3 Å². The van der Waals surface area contributed by atoms with Gasteiger partial charge in [0.15, 0.2) is 0 Å². The number of nitrogens with zero attached hydrogens (tertiary/aromatic N) is 1. The standard InChI is InChI=1S/C17H23N3/c1-16(2)15(17(16,3)4)14(20-18)13-7-5-6-11-10-19-9-8-12(11)13/h5-10,14-15,20H,18H2,1-4H3. The van der Waals surface area contributed by atoms with Gasteiger partial charge in [-0.1, -0.05) is 45.9 Å². The van der Waals surface area contributed by atoms with E-state index in [1.165, 1.54) is 16.3 Å². The molecule has 20 heavy (non-hydrogen) atoms. The van der Waals surface area contributed by atoms with Crippen molar-refractivity contribution in [2.45, 2.75) is 33.7 Å². The van der Waals surface area contributed by atoms with Crippen LogP contribution in [0, 0.1) is 16.7 Å². The summed E-state index contributed by atoms with van der Waals surface area (Å²) in [5.41, 5.74) is 4.92. The lowest BCUT2D eigenvalue weighted by atomic mass is 9.93. The molecule has 1 saturated carbocycles. The minimum Gasteiger partial charge on any atom is -0.271 e. The van der Waals surface area contributed by atoms with Crippen LogP contribution in [0.3, 0.4) is 0 Å². The molecule has 0 amide bonds. The second-order valence-corrected chi connectivity index (χ2v) is 7.01. The van der Waals surface area contributed by atoms with Crippen LogP contribution in [0.15, 0.2) is 36.7 Å². The van der Waals surface area contributed by atoms with Crippen molar-refractivity contribution in [2.24, 2.45) is 22.6 Å². The zero-order valence-corrected chi connectivity index (χ0v) is 12.6. The van der Waals surface area contributed by atoms with E-state index in [9.17, 15) is 0 Å². The molecule has 0 bridgehead atoms. The number of nitrogens with one attached hydrogen (secondary N) is 1. The van der Waals surface area contributed by atoms with E-state index in [-0.39, 0.29) is 6.04 Å². The maximum absolute atomic E-state index is 5.91. The van der Waals surface area contributed by atoms with E-state index >= 15 is 0 Å². The summed E-state index contributed by atoms with van der Waals surface area (Å²) in [6, 6.07) is 8.62. The minimum atomic E-state index is 0.172. The highest BCUT2D eigenvalue weighted by Gasteiger charge is 2.67. The van der Waals surface area contributed by atoms with Gasteiger partial charge >= 0.3 is 0 Å². The highest BCUT2D eigenvalue weighted by molar-refractivity contribution is 5.85. The lowest BCUT2D eigenvalue weighted by molar-refractivity contribution is 0.420. The third kappa shape index (κ3) is 1.70. The van der Waals surface area contributed by atoms with Crippen molar-refractivity contribution in [1.82, 2.24) is 10.4 Å². The van der Waals surface area contributed by atoms with Crippen molar-refractivity contribution < 1.29 is 0 Å². The summed E-state index contributed by atoms with van der Waals surface area (Å²) in [4.78, 5) is 4.21. The maximum atomic E-state index is 5.91. The topological polar surface area (TPSA) is 50.9 Å². The van der Waals surface area contributed by atoms with E-state index in [0.717, 1.165) is 0 Å². The summed E-state index contributed by atoms with van der Waals surface area (Å²) in [6.45, 7) is 9.31. The highest BCUT2D eigenvalue weighted by Crippen LogP contribution is 2.72. The largest absolute Gasteiger partial charge is 0.271 e. The molecule has 106 valence electrons. The Kier molecular flexibility index (Phi) is 2.89. The number of hydrazine groups is 1. The third-order valence-electron chi connectivity index (χ3n) is 5.69. The summed E-state index contributed by atoms with van der Waals surface area (Å²) in [5.74, 6) is 6.44. The number of nitrogens with two attached hydrogens (primary N) is 1. The predicted octanol–water partition coefficient (Wildman–Crippen LogP) is 3.42. The number of pyridine rings is 1. The van der Waals surface area contributed by atoms with Crippen molar-refractivity contribution >= 4 is 10.8 Å². The van der Waals surface area contributed by atoms with E-state index in [2.05, 4.69) is 62.4 Å². The van der Waals surface area contributed by atoms with Crippen molar-refractivity contribution in [3.05, 3.63) is 42.2 Å². The van der Waals surface area contributed by atoms with Gasteiger partial charge in [0.25, 0.3) is 0 Å². The number of hydrogen-bond donors (Lipinski definition) is 2. The van der Waals surface area contributed by atoms with E-state index in [1.807, 2.05) is 12.4 Å². The Balaban J connectivity index is 2.10. The molecule has 1 unspecified atom stereocenters. The van der Waals surface area contributed by atoms with Crippen molar-refractivity contribution in [3.63, 3.8) is 0 Å². The molecule has 3 N–H and O–H groups in total. The second-order valence-electron chi connectivity index (χ2n) is 7.01. The van der Waals surface area contributed by atoms with Gasteiger partial charge in [0.1, 0.15) is 0 Å². The first-order valence-corrected chi connectivity index (χ1v) is 7.20. The lowest BCUT2D eigenvalue weighted by Gasteiger charge is -2.20. The molecule has 1 aliphatic carbocycles. The predicted molar refractivity (Wildman–Crippen MR) is 82.9 cm³/mol. The first-order valence-electron chi connectivity index (χ1n) is 7.20. The molecule has 0 radical (unpaired) electrons. The molecule has 1 fully saturated rings. The Hall–Kier alpha value is -1.45. The number of benzene rings is 1. The van der Waals surface area contributed by atoms with Crippen LogP contribution in [0.2, 0.25) is 0 Å². The zero-order chi connectivity index (χ0) is 14.5. The number of rotatable bonds is 3. The van der Waals surface area contributed by atoms with Crippen LogP contribution in [0.5, 0.6) is 0 Å². The summed E-state index contributed by atoms with van der Waals surface area (Å²) in [5, 5.41) is 2.41. The molecule has 1 heterocycles. The molecular weight excluding hydrogens is 246 g/mol. The Morgan fingerprint density at radius 3 is 2.45 bits per heavy atom. The van der Waals surface area contributed by atoms with Gasteiger partial charge in [-0.15, -0.1) is 0 Å². The maximum Gasteiger partial charge on any atom is 0.0504 e. The fraction of sp³-hybridized carbons (Fsp3) is 0.471. The molecule has 0 saturated heterocycles. The summed E-state index contributed by atoms with van der Waals surface area (Å²) in [6.07, 6.45) is 3.76. The van der Waals surface area contributed by atoms with Crippen LogP contribution in [-0.2, 0) is 0 Å². The number of hydrogen-bond acceptors (Lipinski definition) is 3. The molecule has 3 heteroatoms. The highest BCUT2D eigenvalue weighted by atomic mass is 15.2. The quantitative estimate of drug-likeness (QED) is 0.663. The van der Waals surface area contributed by atoms with Gasteiger partial charge in [0.2, 0.25) is 0 Å². The van der Waals surface area contributed by atoms with E-state index in [0.29, 0.717) is 16.7 Å².